The van der Waals surface area contributed by atoms with E-state index in [0.717, 1.165) is 0 Å². The van der Waals surface area contributed by atoms with Crippen LogP contribution in [0.3, 0.4) is 0 Å². The number of rotatable bonds is 6. The molecule has 0 aliphatic carbocycles. The molecular formula is C12H13F5O4S. The summed E-state index contributed by atoms with van der Waals surface area (Å²) in [5.41, 5.74) is -0.800. The minimum absolute atomic E-state index is 0.00186. The molecule has 0 saturated carbocycles. The van der Waals surface area contributed by atoms with Gasteiger partial charge in [-0.25, -0.2) is 22.0 Å². The topological polar surface area (TPSA) is 52.6 Å². The Bertz CT molecular complexity index is 644. The average Bonchev–Trinajstić information content (AvgIpc) is 2.42. The molecule has 0 amide bonds. The van der Waals surface area contributed by atoms with Gasteiger partial charge in [0.2, 0.25) is 5.82 Å². The summed E-state index contributed by atoms with van der Waals surface area (Å²) >= 11 is 0. The Labute approximate surface area is 124 Å². The molecule has 0 radical (unpaired) electrons. The van der Waals surface area contributed by atoms with Crippen molar-refractivity contribution in [2.75, 3.05) is 13.7 Å². The van der Waals surface area contributed by atoms with Crippen LogP contribution in [0.2, 0.25) is 0 Å². The second kappa shape index (κ2) is 6.47. The van der Waals surface area contributed by atoms with E-state index in [0.29, 0.717) is 0 Å². The van der Waals surface area contributed by atoms with Crippen LogP contribution in [0, 0.1) is 29.1 Å². The highest BCUT2D eigenvalue weighted by Gasteiger charge is 2.34. The molecule has 0 fully saturated rings. The van der Waals surface area contributed by atoms with Crippen molar-refractivity contribution in [3.63, 3.8) is 0 Å². The van der Waals surface area contributed by atoms with Crippen LogP contribution in [0.1, 0.15) is 20.3 Å². The number of ether oxygens (including phenoxy) is 1. The van der Waals surface area contributed by atoms with Crippen LogP contribution in [0.25, 0.3) is 0 Å². The molecule has 1 rings (SSSR count). The van der Waals surface area contributed by atoms with E-state index in [1.165, 1.54) is 7.11 Å². The van der Waals surface area contributed by atoms with Gasteiger partial charge in [-0.2, -0.15) is 8.42 Å². The van der Waals surface area contributed by atoms with E-state index in [9.17, 15) is 30.4 Å². The molecule has 0 bridgehead atoms. The van der Waals surface area contributed by atoms with Gasteiger partial charge in [0.05, 0.1) is 12.2 Å². The molecule has 0 heterocycles. The van der Waals surface area contributed by atoms with E-state index in [-0.39, 0.29) is 6.42 Å². The van der Waals surface area contributed by atoms with Gasteiger partial charge in [-0.05, 0) is 13.8 Å². The second-order valence-corrected chi connectivity index (χ2v) is 6.44. The van der Waals surface area contributed by atoms with Gasteiger partial charge < -0.3 is 4.74 Å². The molecule has 126 valence electrons. The molecule has 0 saturated heterocycles. The van der Waals surface area contributed by atoms with Crippen LogP contribution in [-0.4, -0.2) is 27.7 Å². The van der Waals surface area contributed by atoms with Crippen molar-refractivity contribution in [2.24, 2.45) is 0 Å². The highest BCUT2D eigenvalue weighted by atomic mass is 32.2. The molecule has 0 atom stereocenters. The standard InChI is InChI=1S/C12H13F5O4S/c1-12(2,20-3)4-5-21-22(18,19)11-9(16)7(14)6(13)8(15)10(11)17/h4-5H2,1-3H3. The largest absolute Gasteiger partial charge is 0.379 e. The van der Waals surface area contributed by atoms with Gasteiger partial charge in [0, 0.05) is 13.5 Å². The second-order valence-electron chi connectivity index (χ2n) is 4.89. The predicted octanol–water partition coefficient (Wildman–Crippen LogP) is 2.90. The third-order valence-corrected chi connectivity index (χ3v) is 4.25. The van der Waals surface area contributed by atoms with Gasteiger partial charge in [0.25, 0.3) is 0 Å². The fraction of sp³-hybridized carbons (Fsp3) is 0.500. The summed E-state index contributed by atoms with van der Waals surface area (Å²) in [4.78, 5) is -2.01. The van der Waals surface area contributed by atoms with Crippen molar-refractivity contribution >= 4 is 10.1 Å². The van der Waals surface area contributed by atoms with Gasteiger partial charge >= 0.3 is 10.1 Å². The van der Waals surface area contributed by atoms with Crippen molar-refractivity contribution < 1.29 is 39.3 Å². The van der Waals surface area contributed by atoms with Crippen molar-refractivity contribution in [3.8, 4) is 0 Å². The van der Waals surface area contributed by atoms with Gasteiger partial charge in [0.15, 0.2) is 28.2 Å². The van der Waals surface area contributed by atoms with Gasteiger partial charge in [-0.1, -0.05) is 0 Å². The Kier molecular flexibility index (Phi) is 5.52. The zero-order chi connectivity index (χ0) is 17.3. The lowest BCUT2D eigenvalue weighted by Crippen LogP contribution is -2.25. The Morgan fingerprint density at radius 2 is 1.32 bits per heavy atom. The van der Waals surface area contributed by atoms with Crippen LogP contribution in [0.15, 0.2) is 4.90 Å². The summed E-state index contributed by atoms with van der Waals surface area (Å²) in [5.74, 6) is -12.1. The summed E-state index contributed by atoms with van der Waals surface area (Å²) < 4.78 is 98.3. The van der Waals surface area contributed by atoms with E-state index in [4.69, 9.17) is 4.74 Å². The van der Waals surface area contributed by atoms with E-state index in [1.54, 1.807) is 13.8 Å². The fourth-order valence-electron chi connectivity index (χ4n) is 1.36. The SMILES string of the molecule is COC(C)(C)CCOS(=O)(=O)c1c(F)c(F)c(F)c(F)c1F. The first-order valence-electron chi connectivity index (χ1n) is 5.90. The quantitative estimate of drug-likeness (QED) is 0.343. The Morgan fingerprint density at radius 3 is 1.73 bits per heavy atom. The molecule has 10 heteroatoms. The maximum absolute atomic E-state index is 13.4. The maximum Gasteiger partial charge on any atom is 0.303 e. The molecule has 0 aliphatic heterocycles. The predicted molar refractivity (Wildman–Crippen MR) is 65.1 cm³/mol. The monoisotopic (exact) mass is 348 g/mol. The lowest BCUT2D eigenvalue weighted by Gasteiger charge is -2.22. The zero-order valence-electron chi connectivity index (χ0n) is 11.8. The first kappa shape index (κ1) is 18.8. The number of methoxy groups -OCH3 is 1. The third-order valence-electron chi connectivity index (χ3n) is 2.91. The van der Waals surface area contributed by atoms with Crippen molar-refractivity contribution in [1.82, 2.24) is 0 Å². The first-order chi connectivity index (χ1) is 9.94. The molecule has 0 aromatic heterocycles. The molecule has 22 heavy (non-hydrogen) atoms. The van der Waals surface area contributed by atoms with Gasteiger partial charge in [-0.15, -0.1) is 0 Å². The highest BCUT2D eigenvalue weighted by molar-refractivity contribution is 7.86. The van der Waals surface area contributed by atoms with E-state index in [1.807, 2.05) is 0 Å². The first-order valence-corrected chi connectivity index (χ1v) is 7.31. The van der Waals surface area contributed by atoms with Crippen LogP contribution in [0.5, 0.6) is 0 Å². The molecule has 0 aliphatic rings. The number of hydrogen-bond acceptors (Lipinski definition) is 4. The van der Waals surface area contributed by atoms with Crippen molar-refractivity contribution in [1.29, 1.82) is 0 Å². The average molecular weight is 348 g/mol. The number of halogens is 5. The minimum Gasteiger partial charge on any atom is -0.379 e. The summed E-state index contributed by atoms with van der Waals surface area (Å²) in [6.07, 6.45) is -0.00186. The Balaban J connectivity index is 3.15. The smallest absolute Gasteiger partial charge is 0.303 e. The van der Waals surface area contributed by atoms with E-state index >= 15 is 0 Å². The zero-order valence-corrected chi connectivity index (χ0v) is 12.7. The van der Waals surface area contributed by atoms with Gasteiger partial charge in [0.1, 0.15) is 0 Å². The molecule has 0 N–H and O–H groups in total. The molecule has 1 aromatic rings. The molecule has 0 spiro atoms. The molecule has 4 nitrogen and oxygen atoms in total. The normalized spacial score (nSPS) is 12.7. The van der Waals surface area contributed by atoms with E-state index < -0.39 is 56.3 Å². The lowest BCUT2D eigenvalue weighted by molar-refractivity contribution is 0.00605. The van der Waals surface area contributed by atoms with E-state index in [2.05, 4.69) is 4.18 Å². The van der Waals surface area contributed by atoms with Crippen LogP contribution in [-0.2, 0) is 19.0 Å². The Hall–Kier alpha value is -1.26. The van der Waals surface area contributed by atoms with Crippen molar-refractivity contribution in [2.45, 2.75) is 30.8 Å². The molecule has 1 aromatic carbocycles. The third kappa shape index (κ3) is 3.73. The number of hydrogen-bond donors (Lipinski definition) is 0. The fourth-order valence-corrected chi connectivity index (χ4v) is 2.40. The molecule has 0 unspecified atom stereocenters. The van der Waals surface area contributed by atoms with Crippen molar-refractivity contribution in [3.05, 3.63) is 29.1 Å². The van der Waals surface area contributed by atoms with Crippen LogP contribution >= 0.6 is 0 Å². The molecular weight excluding hydrogens is 335 g/mol. The minimum atomic E-state index is -5.17. The number of benzene rings is 1. The van der Waals surface area contributed by atoms with Gasteiger partial charge in [-0.3, -0.25) is 4.18 Å². The summed E-state index contributed by atoms with van der Waals surface area (Å²) in [6, 6.07) is 0. The summed E-state index contributed by atoms with van der Waals surface area (Å²) in [6.45, 7) is 2.60. The lowest BCUT2D eigenvalue weighted by atomic mass is 10.1. The highest BCUT2D eigenvalue weighted by Crippen LogP contribution is 2.28. The maximum atomic E-state index is 13.4. The summed E-state index contributed by atoms with van der Waals surface area (Å²) in [7, 11) is -3.82. The summed E-state index contributed by atoms with van der Waals surface area (Å²) in [5, 5.41) is 0. The van der Waals surface area contributed by atoms with Crippen LogP contribution < -0.4 is 0 Å². The Morgan fingerprint density at radius 1 is 0.909 bits per heavy atom. The van der Waals surface area contributed by atoms with Crippen LogP contribution in [0.4, 0.5) is 22.0 Å².